The van der Waals surface area contributed by atoms with Gasteiger partial charge in [0.2, 0.25) is 6.10 Å². The first kappa shape index (κ1) is 28.7. The molecule has 2 aromatic carbocycles. The molecule has 2 aromatic rings. The Kier molecular flexibility index (Phi) is 9.00. The van der Waals surface area contributed by atoms with E-state index >= 15 is 0 Å². The summed E-state index contributed by atoms with van der Waals surface area (Å²) in [5, 5.41) is 46.7. The van der Waals surface area contributed by atoms with Crippen LogP contribution >= 0.6 is 0 Å². The van der Waals surface area contributed by atoms with Gasteiger partial charge in [-0.2, -0.15) is 0 Å². The summed E-state index contributed by atoms with van der Waals surface area (Å²) in [5.74, 6) is -3.72. The van der Waals surface area contributed by atoms with E-state index in [9.17, 15) is 54.8 Å². The number of carbonyl (C=O) groups excluding carboxylic acids is 3. The monoisotopic (exact) mass is 535 g/mol. The number of nitrogens with one attached hydrogen (secondary N) is 1. The molecule has 200 valence electrons. The van der Waals surface area contributed by atoms with E-state index in [-0.39, 0.29) is 6.42 Å². The summed E-state index contributed by atoms with van der Waals surface area (Å²) in [5.41, 5.74) is -4.33. The minimum atomic E-state index is -1.89. The van der Waals surface area contributed by atoms with Gasteiger partial charge in [0.05, 0.1) is 56.1 Å². The molecular weight excluding hydrogens is 518 g/mol. The molecule has 0 saturated carbocycles. The van der Waals surface area contributed by atoms with Gasteiger partial charge >= 0.3 is 11.9 Å². The van der Waals surface area contributed by atoms with Crippen molar-refractivity contribution in [1.82, 2.24) is 5.32 Å². The van der Waals surface area contributed by atoms with E-state index in [4.69, 9.17) is 4.74 Å². The van der Waals surface area contributed by atoms with Crippen LogP contribution in [0.4, 0.5) is 22.7 Å². The Bertz CT molecular complexity index is 1280. The zero-order valence-corrected chi connectivity index (χ0v) is 19.4. The number of carbonyl (C=O) groups is 3. The van der Waals surface area contributed by atoms with Gasteiger partial charge in [0.25, 0.3) is 28.7 Å². The minimum absolute atomic E-state index is 0.120. The Morgan fingerprint density at radius 2 is 1.16 bits per heavy atom. The van der Waals surface area contributed by atoms with Crippen LogP contribution in [-0.4, -0.2) is 56.8 Å². The standard InChI is InChI=1S/C20H17N5O13/c1-3-16(21-18(26)10-4-12(22(29)30)8-13(5-10)23(31)32)17(20(28)37-2)38-19(27)11-6-14(24(33)34)9-15(7-11)25(35)36/h4-9,16-17H,3H2,1-2H3,(H,21,26)/t16-,17+/m0/s1. The number of nitro groups is 4. The van der Waals surface area contributed by atoms with Crippen molar-refractivity contribution < 1.29 is 43.6 Å². The maximum absolute atomic E-state index is 12.8. The van der Waals surface area contributed by atoms with E-state index in [2.05, 4.69) is 10.1 Å². The third-order valence-corrected chi connectivity index (χ3v) is 4.94. The summed E-state index contributed by atoms with van der Waals surface area (Å²) in [6.45, 7) is 1.43. The Labute approximate surface area is 210 Å². The molecule has 1 amide bonds. The van der Waals surface area contributed by atoms with Crippen molar-refractivity contribution in [3.05, 3.63) is 88.0 Å². The lowest BCUT2D eigenvalue weighted by Crippen LogP contribution is -2.49. The third-order valence-electron chi connectivity index (χ3n) is 4.94. The van der Waals surface area contributed by atoms with E-state index in [0.717, 1.165) is 19.2 Å². The summed E-state index contributed by atoms with van der Waals surface area (Å²) in [7, 11) is 0.916. The molecule has 0 aliphatic heterocycles. The lowest BCUT2D eigenvalue weighted by molar-refractivity contribution is -0.394. The first-order chi connectivity index (χ1) is 17.8. The zero-order valence-electron chi connectivity index (χ0n) is 19.4. The molecule has 2 atom stereocenters. The quantitative estimate of drug-likeness (QED) is 0.246. The van der Waals surface area contributed by atoms with Crippen LogP contribution in [0.3, 0.4) is 0 Å². The number of nitro benzene ring substituents is 4. The predicted octanol–water partition coefficient (Wildman–Crippen LogP) is 2.23. The number of nitrogens with zero attached hydrogens (tertiary/aromatic N) is 4. The fourth-order valence-electron chi connectivity index (χ4n) is 3.10. The van der Waals surface area contributed by atoms with Crippen molar-refractivity contribution in [1.29, 1.82) is 0 Å². The summed E-state index contributed by atoms with van der Waals surface area (Å²) in [6, 6.07) is 2.70. The van der Waals surface area contributed by atoms with Crippen LogP contribution in [0.25, 0.3) is 0 Å². The molecule has 0 aliphatic carbocycles. The highest BCUT2D eigenvalue weighted by Crippen LogP contribution is 2.25. The normalized spacial score (nSPS) is 11.9. The maximum Gasteiger partial charge on any atom is 0.349 e. The SMILES string of the molecule is CC[C@H](NC(=O)c1cc([N+](=O)[O-])cc([N+](=O)[O-])c1)[C@@H](OC(=O)c1cc([N+](=O)[O-])cc([N+](=O)[O-])c1)C(=O)OC. The molecule has 18 nitrogen and oxygen atoms in total. The minimum Gasteiger partial charge on any atom is -0.466 e. The molecule has 0 heterocycles. The molecule has 0 saturated heterocycles. The number of ether oxygens (including phenoxy) is 2. The highest BCUT2D eigenvalue weighted by Gasteiger charge is 2.35. The molecule has 0 fully saturated rings. The third kappa shape index (κ3) is 6.77. The fraction of sp³-hybridized carbons (Fsp3) is 0.250. The predicted molar refractivity (Wildman–Crippen MR) is 122 cm³/mol. The van der Waals surface area contributed by atoms with E-state index in [1.807, 2.05) is 0 Å². The van der Waals surface area contributed by atoms with Gasteiger partial charge in [0.15, 0.2) is 0 Å². The van der Waals surface area contributed by atoms with Gasteiger partial charge in [-0.25, -0.2) is 9.59 Å². The fourth-order valence-corrected chi connectivity index (χ4v) is 3.10. The second kappa shape index (κ2) is 11.9. The van der Waals surface area contributed by atoms with Crippen LogP contribution in [-0.2, 0) is 14.3 Å². The average molecular weight is 535 g/mol. The van der Waals surface area contributed by atoms with Crippen LogP contribution in [0.5, 0.6) is 0 Å². The Morgan fingerprint density at radius 3 is 1.50 bits per heavy atom. The molecule has 2 rings (SSSR count). The number of benzene rings is 2. The number of methoxy groups -OCH3 is 1. The number of hydrogen-bond acceptors (Lipinski definition) is 13. The first-order valence-corrected chi connectivity index (χ1v) is 10.3. The van der Waals surface area contributed by atoms with Gasteiger partial charge < -0.3 is 14.8 Å². The van der Waals surface area contributed by atoms with Crippen molar-refractivity contribution in [2.75, 3.05) is 7.11 Å². The van der Waals surface area contributed by atoms with Crippen molar-refractivity contribution in [3.63, 3.8) is 0 Å². The summed E-state index contributed by atoms with van der Waals surface area (Å²) < 4.78 is 9.66. The van der Waals surface area contributed by atoms with Crippen LogP contribution in [0.1, 0.15) is 34.1 Å². The highest BCUT2D eigenvalue weighted by atomic mass is 16.6. The summed E-state index contributed by atoms with van der Waals surface area (Å²) in [4.78, 5) is 78.4. The summed E-state index contributed by atoms with van der Waals surface area (Å²) >= 11 is 0. The van der Waals surface area contributed by atoms with Gasteiger partial charge in [-0.3, -0.25) is 45.3 Å². The largest absolute Gasteiger partial charge is 0.466 e. The van der Waals surface area contributed by atoms with Gasteiger partial charge in [0.1, 0.15) is 0 Å². The van der Waals surface area contributed by atoms with Crippen LogP contribution in [0, 0.1) is 40.5 Å². The smallest absolute Gasteiger partial charge is 0.349 e. The average Bonchev–Trinajstić information content (AvgIpc) is 2.88. The molecule has 0 aliphatic rings. The van der Waals surface area contributed by atoms with Gasteiger partial charge in [0, 0.05) is 24.3 Å². The molecule has 0 bridgehead atoms. The van der Waals surface area contributed by atoms with E-state index in [1.165, 1.54) is 6.92 Å². The summed E-state index contributed by atoms with van der Waals surface area (Å²) in [6.07, 6.45) is -2.02. The van der Waals surface area contributed by atoms with Gasteiger partial charge in [-0.15, -0.1) is 0 Å². The molecule has 0 aromatic heterocycles. The van der Waals surface area contributed by atoms with Crippen molar-refractivity contribution in [2.45, 2.75) is 25.5 Å². The number of hydrogen-bond donors (Lipinski definition) is 1. The molecule has 0 spiro atoms. The molecule has 0 radical (unpaired) electrons. The number of esters is 2. The second-order valence-corrected chi connectivity index (χ2v) is 7.34. The Morgan fingerprint density at radius 1 is 0.763 bits per heavy atom. The lowest BCUT2D eigenvalue weighted by atomic mass is 10.1. The number of amides is 1. The van der Waals surface area contributed by atoms with E-state index < -0.39 is 83.6 Å². The molecule has 38 heavy (non-hydrogen) atoms. The van der Waals surface area contributed by atoms with Gasteiger partial charge in [-0.05, 0) is 6.42 Å². The topological polar surface area (TPSA) is 254 Å². The molecule has 0 unspecified atom stereocenters. The lowest BCUT2D eigenvalue weighted by Gasteiger charge is -2.25. The van der Waals surface area contributed by atoms with E-state index in [1.54, 1.807) is 0 Å². The Hall–Kier alpha value is -5.55. The van der Waals surface area contributed by atoms with E-state index in [0.29, 0.717) is 24.3 Å². The van der Waals surface area contributed by atoms with Crippen LogP contribution in [0.15, 0.2) is 36.4 Å². The van der Waals surface area contributed by atoms with Crippen molar-refractivity contribution in [3.8, 4) is 0 Å². The zero-order chi connectivity index (χ0) is 28.7. The first-order valence-electron chi connectivity index (χ1n) is 10.3. The second-order valence-electron chi connectivity index (χ2n) is 7.34. The van der Waals surface area contributed by atoms with Crippen molar-refractivity contribution >= 4 is 40.6 Å². The molecular formula is C20H17N5O13. The Balaban J connectivity index is 2.41. The van der Waals surface area contributed by atoms with Crippen molar-refractivity contribution in [2.24, 2.45) is 0 Å². The molecule has 1 N–H and O–H groups in total. The number of rotatable bonds is 11. The molecule has 18 heteroatoms. The number of non-ortho nitro benzene ring substituents is 4. The van der Waals surface area contributed by atoms with Gasteiger partial charge in [-0.1, -0.05) is 6.92 Å². The van der Waals surface area contributed by atoms with Crippen LogP contribution in [0.2, 0.25) is 0 Å². The van der Waals surface area contributed by atoms with Crippen LogP contribution < -0.4 is 5.32 Å². The highest BCUT2D eigenvalue weighted by molar-refractivity contribution is 5.97. The maximum atomic E-state index is 12.8.